The third kappa shape index (κ3) is 4.34. The number of fused-ring (bicyclic) bond motifs is 1. The highest BCUT2D eigenvalue weighted by Crippen LogP contribution is 2.30. The van der Waals surface area contributed by atoms with Gasteiger partial charge in [-0.1, -0.05) is 18.7 Å². The van der Waals surface area contributed by atoms with Gasteiger partial charge < -0.3 is 15.0 Å². The van der Waals surface area contributed by atoms with E-state index in [0.29, 0.717) is 12.4 Å². The molecule has 2 amide bonds. The number of aromatic amines is 1. The minimum absolute atomic E-state index is 0.00790. The summed E-state index contributed by atoms with van der Waals surface area (Å²) in [5.74, 6) is 0.330. The maximum absolute atomic E-state index is 11.4. The van der Waals surface area contributed by atoms with E-state index in [2.05, 4.69) is 25.3 Å². The number of benzene rings is 2. The number of amides is 2. The number of rotatable bonds is 5. The first-order valence-corrected chi connectivity index (χ1v) is 8.81. The van der Waals surface area contributed by atoms with Crippen molar-refractivity contribution in [3.05, 3.63) is 42.5 Å². The zero-order chi connectivity index (χ0) is 18.5. The number of anilines is 2. The van der Waals surface area contributed by atoms with Crippen molar-refractivity contribution in [1.29, 1.82) is 0 Å². The molecule has 3 aromatic rings. The van der Waals surface area contributed by atoms with Gasteiger partial charge in [-0.2, -0.15) is 0 Å². The summed E-state index contributed by atoms with van der Waals surface area (Å²) in [6.45, 7) is 1.82. The molecule has 0 spiro atoms. The van der Waals surface area contributed by atoms with Gasteiger partial charge in [0, 0.05) is 21.9 Å². The van der Waals surface area contributed by atoms with Crippen LogP contribution in [0, 0.1) is 0 Å². The lowest BCUT2D eigenvalue weighted by Gasteiger charge is -2.05. The molecule has 26 heavy (non-hydrogen) atoms. The number of aromatic nitrogens is 2. The normalized spacial score (nSPS) is 10.5. The molecule has 0 bridgehead atoms. The summed E-state index contributed by atoms with van der Waals surface area (Å²) in [7, 11) is 1.30. The molecular weight excluding hydrogens is 352 g/mol. The second kappa shape index (κ2) is 7.92. The Kier molecular flexibility index (Phi) is 5.43. The van der Waals surface area contributed by atoms with Crippen LogP contribution in [0.1, 0.15) is 13.3 Å². The SMILES string of the molecule is CCC(=O)Nc1ccc(Sc2ccc3nc(NC(=O)OC)[nH]c3c2)cc1. The molecule has 0 radical (unpaired) electrons. The quantitative estimate of drug-likeness (QED) is 0.624. The Morgan fingerprint density at radius 1 is 1.12 bits per heavy atom. The maximum atomic E-state index is 11.4. The molecule has 0 saturated heterocycles. The molecule has 0 unspecified atom stereocenters. The average Bonchev–Trinajstić information content (AvgIpc) is 3.04. The number of hydrogen-bond donors (Lipinski definition) is 3. The van der Waals surface area contributed by atoms with E-state index in [1.54, 1.807) is 11.8 Å². The molecule has 7 nitrogen and oxygen atoms in total. The van der Waals surface area contributed by atoms with E-state index in [1.165, 1.54) is 7.11 Å². The molecule has 0 aliphatic heterocycles. The van der Waals surface area contributed by atoms with Crippen molar-refractivity contribution in [1.82, 2.24) is 9.97 Å². The van der Waals surface area contributed by atoms with Crippen molar-refractivity contribution in [3.8, 4) is 0 Å². The van der Waals surface area contributed by atoms with Crippen molar-refractivity contribution in [2.75, 3.05) is 17.7 Å². The van der Waals surface area contributed by atoms with Crippen LogP contribution in [0.5, 0.6) is 0 Å². The van der Waals surface area contributed by atoms with Gasteiger partial charge in [0.2, 0.25) is 11.9 Å². The molecular formula is C18H18N4O3S. The Morgan fingerprint density at radius 3 is 2.54 bits per heavy atom. The largest absolute Gasteiger partial charge is 0.453 e. The molecule has 2 aromatic carbocycles. The molecule has 0 atom stereocenters. The fraction of sp³-hybridized carbons (Fsp3) is 0.167. The summed E-state index contributed by atoms with van der Waals surface area (Å²) >= 11 is 1.59. The summed E-state index contributed by atoms with van der Waals surface area (Å²) < 4.78 is 4.55. The smallest absolute Gasteiger partial charge is 0.413 e. The first-order valence-electron chi connectivity index (χ1n) is 8.00. The fourth-order valence-corrected chi connectivity index (χ4v) is 3.11. The summed E-state index contributed by atoms with van der Waals surface area (Å²) in [6, 6.07) is 13.5. The van der Waals surface area contributed by atoms with Crippen LogP contribution < -0.4 is 10.6 Å². The Bertz CT molecular complexity index is 937. The number of imidazole rings is 1. The fourth-order valence-electron chi connectivity index (χ4n) is 2.25. The molecule has 1 heterocycles. The lowest BCUT2D eigenvalue weighted by molar-refractivity contribution is -0.115. The standard InChI is InChI=1S/C18H18N4O3S/c1-3-16(23)19-11-4-6-12(7-5-11)26-13-8-9-14-15(10-13)21-17(20-14)22-18(24)25-2/h4-10H,3H2,1-2H3,(H,19,23)(H2,20,21,22,24). The molecule has 134 valence electrons. The van der Waals surface area contributed by atoms with Gasteiger partial charge in [0.25, 0.3) is 0 Å². The second-order valence-electron chi connectivity index (χ2n) is 5.41. The Labute approximate surface area is 154 Å². The summed E-state index contributed by atoms with van der Waals surface area (Å²) in [6.07, 6.45) is -0.123. The number of carbonyl (C=O) groups is 2. The van der Waals surface area contributed by atoms with Crippen LogP contribution >= 0.6 is 11.8 Å². The lowest BCUT2D eigenvalue weighted by Crippen LogP contribution is -2.11. The first-order chi connectivity index (χ1) is 12.6. The molecule has 0 fully saturated rings. The Morgan fingerprint density at radius 2 is 1.85 bits per heavy atom. The summed E-state index contributed by atoms with van der Waals surface area (Å²) in [5.41, 5.74) is 2.34. The highest BCUT2D eigenvalue weighted by atomic mass is 32.2. The van der Waals surface area contributed by atoms with Gasteiger partial charge >= 0.3 is 6.09 Å². The highest BCUT2D eigenvalue weighted by Gasteiger charge is 2.08. The van der Waals surface area contributed by atoms with Crippen molar-refractivity contribution in [2.24, 2.45) is 0 Å². The zero-order valence-corrected chi connectivity index (χ0v) is 15.1. The number of nitrogens with one attached hydrogen (secondary N) is 3. The number of carbonyl (C=O) groups excluding carboxylic acids is 2. The predicted molar refractivity (Wildman–Crippen MR) is 102 cm³/mol. The molecule has 0 aliphatic carbocycles. The van der Waals surface area contributed by atoms with Gasteiger partial charge in [0.1, 0.15) is 0 Å². The minimum atomic E-state index is -0.575. The summed E-state index contributed by atoms with van der Waals surface area (Å²) in [4.78, 5) is 32.1. The van der Waals surface area contributed by atoms with E-state index < -0.39 is 6.09 Å². The topological polar surface area (TPSA) is 96.1 Å². The van der Waals surface area contributed by atoms with E-state index in [-0.39, 0.29) is 5.91 Å². The number of nitrogens with zero attached hydrogens (tertiary/aromatic N) is 1. The van der Waals surface area contributed by atoms with E-state index in [9.17, 15) is 9.59 Å². The lowest BCUT2D eigenvalue weighted by atomic mass is 10.3. The van der Waals surface area contributed by atoms with Crippen LogP contribution in [0.4, 0.5) is 16.4 Å². The Hall–Kier alpha value is -3.00. The van der Waals surface area contributed by atoms with Gasteiger partial charge in [-0.05, 0) is 42.5 Å². The molecule has 0 saturated carbocycles. The van der Waals surface area contributed by atoms with Crippen LogP contribution in [0.25, 0.3) is 11.0 Å². The maximum Gasteiger partial charge on any atom is 0.413 e. The monoisotopic (exact) mass is 370 g/mol. The number of methoxy groups -OCH3 is 1. The molecule has 3 rings (SSSR count). The third-order valence-corrected chi connectivity index (χ3v) is 4.55. The van der Waals surface area contributed by atoms with Crippen molar-refractivity contribution in [3.63, 3.8) is 0 Å². The van der Waals surface area contributed by atoms with Crippen LogP contribution in [0.15, 0.2) is 52.3 Å². The van der Waals surface area contributed by atoms with Crippen molar-refractivity contribution < 1.29 is 14.3 Å². The van der Waals surface area contributed by atoms with Gasteiger partial charge in [0.05, 0.1) is 18.1 Å². The minimum Gasteiger partial charge on any atom is -0.453 e. The van der Waals surface area contributed by atoms with Crippen LogP contribution in [0.2, 0.25) is 0 Å². The van der Waals surface area contributed by atoms with E-state index in [1.807, 2.05) is 49.4 Å². The van der Waals surface area contributed by atoms with Crippen LogP contribution in [0.3, 0.4) is 0 Å². The third-order valence-electron chi connectivity index (χ3n) is 3.55. The van der Waals surface area contributed by atoms with Gasteiger partial charge in [0.15, 0.2) is 0 Å². The van der Waals surface area contributed by atoms with Crippen LogP contribution in [-0.4, -0.2) is 29.1 Å². The van der Waals surface area contributed by atoms with Crippen LogP contribution in [-0.2, 0) is 9.53 Å². The first kappa shape index (κ1) is 17.8. The number of ether oxygens (including phenoxy) is 1. The number of H-pyrrole nitrogens is 1. The number of hydrogen-bond acceptors (Lipinski definition) is 5. The van der Waals surface area contributed by atoms with Gasteiger partial charge in [-0.3, -0.25) is 10.1 Å². The zero-order valence-electron chi connectivity index (χ0n) is 14.3. The highest BCUT2D eigenvalue weighted by molar-refractivity contribution is 7.99. The van der Waals surface area contributed by atoms with Crippen molar-refractivity contribution >= 4 is 46.4 Å². The predicted octanol–water partition coefficient (Wildman–Crippen LogP) is 4.24. The molecule has 8 heteroatoms. The average molecular weight is 370 g/mol. The van der Waals surface area contributed by atoms with E-state index in [4.69, 9.17) is 0 Å². The van der Waals surface area contributed by atoms with Gasteiger partial charge in [-0.15, -0.1) is 0 Å². The molecule has 0 aliphatic rings. The Balaban J connectivity index is 1.72. The molecule has 3 N–H and O–H groups in total. The van der Waals surface area contributed by atoms with E-state index >= 15 is 0 Å². The molecule has 1 aromatic heterocycles. The van der Waals surface area contributed by atoms with E-state index in [0.717, 1.165) is 26.5 Å². The summed E-state index contributed by atoms with van der Waals surface area (Å²) in [5, 5.41) is 5.33. The van der Waals surface area contributed by atoms with Gasteiger partial charge in [-0.25, -0.2) is 9.78 Å². The van der Waals surface area contributed by atoms with Crippen molar-refractivity contribution in [2.45, 2.75) is 23.1 Å². The second-order valence-corrected chi connectivity index (χ2v) is 6.56.